The summed E-state index contributed by atoms with van der Waals surface area (Å²) in [6.45, 7) is 28.5. The fraction of sp³-hybridized carbons (Fsp3) is 0.386. The number of rotatable bonds is 17. The average Bonchev–Trinajstić information content (AvgIpc) is 3.66. The summed E-state index contributed by atoms with van der Waals surface area (Å²) in [5.74, 6) is -0.316. The molecule has 17 nitrogen and oxygen atoms in total. The summed E-state index contributed by atoms with van der Waals surface area (Å²) < 4.78 is 26.3. The highest BCUT2D eigenvalue weighted by Crippen LogP contribution is 2.34. The molecule has 7 rings (SSSR count). The number of aromatic hydroxyl groups is 7. The van der Waals surface area contributed by atoms with Gasteiger partial charge in [0.1, 0.15) is 47.7 Å². The third kappa shape index (κ3) is 22.4. The van der Waals surface area contributed by atoms with Crippen LogP contribution in [0, 0.1) is 27.1 Å². The number of phenolic OH excluding ortho intramolecular Hbond substituents is 7. The zero-order valence-electron chi connectivity index (χ0n) is 52.9. The van der Waals surface area contributed by atoms with Crippen LogP contribution >= 0.6 is 0 Å². The summed E-state index contributed by atoms with van der Waals surface area (Å²) in [7, 11) is 0. The van der Waals surface area contributed by atoms with E-state index >= 15 is 0 Å². The van der Waals surface area contributed by atoms with Crippen molar-refractivity contribution in [2.45, 2.75) is 149 Å². The molecule has 87 heavy (non-hydrogen) atoms. The second-order valence-electron chi connectivity index (χ2n) is 24.0. The summed E-state index contributed by atoms with van der Waals surface area (Å²) in [5.41, 5.74) is -0.959. The minimum atomic E-state index is -0.562. The second kappa shape index (κ2) is 31.9. The highest BCUT2D eigenvalue weighted by atomic mass is 16.6. The molecular weight excluding hydrogens is 1110 g/mol. The number of fused-ring (bicyclic) bond motifs is 2. The van der Waals surface area contributed by atoms with Crippen LogP contribution in [0.3, 0.4) is 0 Å². The van der Waals surface area contributed by atoms with Gasteiger partial charge in [0.05, 0.1) is 27.1 Å². The van der Waals surface area contributed by atoms with Crippen LogP contribution in [0.4, 0.5) is 0 Å². The minimum Gasteiger partial charge on any atom is -0.508 e. The number of carbonyl (C=O) groups is 5. The topological polar surface area (TPSA) is 273 Å². The number of phenols is 7. The number of hydrogen-bond acceptors (Lipinski definition) is 17. The van der Waals surface area contributed by atoms with Crippen molar-refractivity contribution in [3.05, 3.63) is 145 Å². The summed E-state index contributed by atoms with van der Waals surface area (Å²) in [6, 6.07) is 35.8. The standard InChI is InChI=1S/2C16H18O3.C13H18O4.C13H18O3.C12H16O4/c1-4-16(2,3)15(18)19-14-8-6-11-9-13(17)7-5-12(11)10-14;1-4-16(2,3)15(18)19-12-8-9-13-11(10-12)6-5-7-14(13)17;1-4-13(2,3)12(16)17-8-9-5-6-10(14)11(15)7-9;1-4-13(2,3)12(15)16-9-10-5-7-11(14)8-6-10;1-4-12(2,3)11(15)16-8-5-6-9(13)10(14)7-8/h2*5-10,17H,4H2,1-3H3;5-7,14-15H,4,8H2,1-3H3;5-8,14H,4,9H2,1-3H3;5-7,13-14H,4H2,1-3H3. The Morgan fingerprint density at radius 2 is 0.678 bits per heavy atom. The largest absolute Gasteiger partial charge is 0.508 e. The molecule has 7 aromatic carbocycles. The van der Waals surface area contributed by atoms with Gasteiger partial charge in [0, 0.05) is 11.5 Å². The van der Waals surface area contributed by atoms with Crippen LogP contribution in [0.5, 0.6) is 57.5 Å². The van der Waals surface area contributed by atoms with Gasteiger partial charge in [-0.25, -0.2) is 0 Å². The van der Waals surface area contributed by atoms with Crippen molar-refractivity contribution < 1.29 is 83.4 Å². The van der Waals surface area contributed by atoms with Crippen LogP contribution in [-0.2, 0) is 46.7 Å². The van der Waals surface area contributed by atoms with Crippen molar-refractivity contribution in [3.8, 4) is 57.5 Å². The third-order valence-electron chi connectivity index (χ3n) is 15.1. The molecule has 0 amide bonds. The van der Waals surface area contributed by atoms with Crippen LogP contribution in [0.25, 0.3) is 21.5 Å². The number of carbonyl (C=O) groups excluding carboxylic acids is 5. The normalized spacial score (nSPS) is 11.3. The van der Waals surface area contributed by atoms with E-state index in [2.05, 4.69) is 0 Å². The summed E-state index contributed by atoms with van der Waals surface area (Å²) in [4.78, 5) is 59.0. The Hall–Kier alpha value is -8.99. The molecule has 0 aliphatic heterocycles. The smallest absolute Gasteiger partial charge is 0.316 e. The van der Waals surface area contributed by atoms with Gasteiger partial charge in [-0.05, 0) is 214 Å². The van der Waals surface area contributed by atoms with Crippen molar-refractivity contribution in [2.24, 2.45) is 27.1 Å². The molecule has 0 saturated heterocycles. The Bertz CT molecular complexity index is 3430. The van der Waals surface area contributed by atoms with Gasteiger partial charge in [-0.3, -0.25) is 24.0 Å². The highest BCUT2D eigenvalue weighted by Gasteiger charge is 2.31. The van der Waals surface area contributed by atoms with Crippen molar-refractivity contribution in [3.63, 3.8) is 0 Å². The zero-order valence-corrected chi connectivity index (χ0v) is 52.9. The zero-order chi connectivity index (χ0) is 65.7. The number of ether oxygens (including phenoxy) is 5. The van der Waals surface area contributed by atoms with E-state index in [9.17, 15) is 44.4 Å². The molecule has 0 bridgehead atoms. The van der Waals surface area contributed by atoms with Gasteiger partial charge in [0.25, 0.3) is 0 Å². The van der Waals surface area contributed by atoms with Crippen molar-refractivity contribution in [1.82, 2.24) is 0 Å². The molecule has 0 spiro atoms. The van der Waals surface area contributed by atoms with Crippen LogP contribution in [0.15, 0.2) is 133 Å². The molecule has 0 aromatic heterocycles. The lowest BCUT2D eigenvalue weighted by molar-refractivity contribution is -0.156. The van der Waals surface area contributed by atoms with Gasteiger partial charge < -0.3 is 59.4 Å². The van der Waals surface area contributed by atoms with Gasteiger partial charge in [0.2, 0.25) is 0 Å². The molecule has 0 aliphatic carbocycles. The van der Waals surface area contributed by atoms with E-state index in [-0.39, 0.29) is 89.1 Å². The Kier molecular flexibility index (Phi) is 26.5. The van der Waals surface area contributed by atoms with Crippen molar-refractivity contribution in [2.75, 3.05) is 0 Å². The molecule has 0 aliphatic rings. The SMILES string of the molecule is CCC(C)(C)C(=O)OCc1ccc(O)c(O)c1.CCC(C)(C)C(=O)OCc1ccc(O)cc1.CCC(C)(C)C(=O)Oc1ccc(O)c(O)c1.CCC(C)(C)C(=O)Oc1ccc2c(O)cccc2c1.CCC(C)(C)C(=O)Oc1ccc2cc(O)ccc2c1. The summed E-state index contributed by atoms with van der Waals surface area (Å²) in [5, 5.41) is 68.4. The fourth-order valence-corrected chi connectivity index (χ4v) is 6.55. The van der Waals surface area contributed by atoms with E-state index in [1.165, 1.54) is 30.3 Å². The van der Waals surface area contributed by atoms with E-state index < -0.39 is 27.1 Å². The maximum atomic E-state index is 12.0. The molecule has 0 fully saturated rings. The molecule has 17 heteroatoms. The Balaban J connectivity index is 0.000000285. The summed E-state index contributed by atoms with van der Waals surface area (Å²) in [6.07, 6.45) is 3.57. The lowest BCUT2D eigenvalue weighted by Crippen LogP contribution is -2.28. The quantitative estimate of drug-likeness (QED) is 0.0254. The van der Waals surface area contributed by atoms with Crippen molar-refractivity contribution >= 4 is 51.4 Å². The molecule has 0 saturated carbocycles. The number of benzene rings is 7. The maximum Gasteiger partial charge on any atom is 0.316 e. The monoisotopic (exact) mass is 1200 g/mol. The van der Waals surface area contributed by atoms with Gasteiger partial charge in [-0.15, -0.1) is 0 Å². The first-order valence-electron chi connectivity index (χ1n) is 28.8. The Morgan fingerprint density at radius 1 is 0.322 bits per heavy atom. The molecule has 0 unspecified atom stereocenters. The van der Waals surface area contributed by atoms with Crippen LogP contribution in [0.2, 0.25) is 0 Å². The molecule has 0 atom stereocenters. The maximum absolute atomic E-state index is 12.0. The van der Waals surface area contributed by atoms with Gasteiger partial charge in [-0.2, -0.15) is 0 Å². The first-order chi connectivity index (χ1) is 40.5. The first-order valence-corrected chi connectivity index (χ1v) is 28.8. The molecule has 0 radical (unpaired) electrons. The second-order valence-corrected chi connectivity index (χ2v) is 24.0. The molecular formula is C70H88O17. The van der Waals surface area contributed by atoms with E-state index in [0.29, 0.717) is 29.9 Å². The van der Waals surface area contributed by atoms with Gasteiger partial charge in [-0.1, -0.05) is 77.1 Å². The number of hydrogen-bond donors (Lipinski definition) is 7. The van der Waals surface area contributed by atoms with E-state index in [1.807, 2.05) is 102 Å². The molecule has 7 aromatic rings. The predicted octanol–water partition coefficient (Wildman–Crippen LogP) is 15.7. The van der Waals surface area contributed by atoms with E-state index in [0.717, 1.165) is 46.4 Å². The van der Waals surface area contributed by atoms with Gasteiger partial charge in [0.15, 0.2) is 23.0 Å². The average molecular weight is 1200 g/mol. The van der Waals surface area contributed by atoms with Crippen LogP contribution in [-0.4, -0.2) is 65.6 Å². The Morgan fingerprint density at radius 3 is 1.14 bits per heavy atom. The number of esters is 5. The molecule has 470 valence electrons. The lowest BCUT2D eigenvalue weighted by Gasteiger charge is -2.20. The van der Waals surface area contributed by atoms with E-state index in [4.69, 9.17) is 39.0 Å². The van der Waals surface area contributed by atoms with E-state index in [1.54, 1.807) is 105 Å². The third-order valence-corrected chi connectivity index (χ3v) is 15.1. The summed E-state index contributed by atoms with van der Waals surface area (Å²) >= 11 is 0. The predicted molar refractivity (Wildman–Crippen MR) is 336 cm³/mol. The molecule has 0 heterocycles. The lowest BCUT2D eigenvalue weighted by atomic mass is 9.91. The van der Waals surface area contributed by atoms with Crippen LogP contribution in [0.1, 0.15) is 147 Å². The fourth-order valence-electron chi connectivity index (χ4n) is 6.55. The Labute approximate surface area is 511 Å². The van der Waals surface area contributed by atoms with Crippen molar-refractivity contribution in [1.29, 1.82) is 0 Å². The first kappa shape index (κ1) is 72.3. The highest BCUT2D eigenvalue weighted by molar-refractivity contribution is 5.90. The van der Waals surface area contributed by atoms with Crippen LogP contribution < -0.4 is 14.2 Å². The van der Waals surface area contributed by atoms with Gasteiger partial charge >= 0.3 is 29.8 Å². The molecule has 7 N–H and O–H groups in total. The minimum absolute atomic E-state index is 0.0934.